The molecule has 1 aliphatic rings. The van der Waals surface area contributed by atoms with Crippen molar-refractivity contribution >= 4 is 17.9 Å². The molecule has 8 nitrogen and oxygen atoms in total. The Labute approximate surface area is 146 Å². The van der Waals surface area contributed by atoms with Crippen molar-refractivity contribution in [1.29, 1.82) is 0 Å². The summed E-state index contributed by atoms with van der Waals surface area (Å²) >= 11 is 0. The van der Waals surface area contributed by atoms with Gasteiger partial charge in [-0.2, -0.15) is 0 Å². The van der Waals surface area contributed by atoms with E-state index in [-0.39, 0.29) is 17.5 Å². The molecule has 0 radical (unpaired) electrons. The van der Waals surface area contributed by atoms with Gasteiger partial charge in [0.05, 0.1) is 5.69 Å². The first-order valence-corrected chi connectivity index (χ1v) is 8.58. The van der Waals surface area contributed by atoms with Crippen molar-refractivity contribution in [3.05, 3.63) is 17.0 Å². The molecular weight excluding hydrogens is 326 g/mol. The zero-order chi connectivity index (χ0) is 18.6. The largest absolute Gasteiger partial charge is 0.449 e. The smallest absolute Gasteiger partial charge is 0.344 e. The molecule has 0 spiro atoms. The van der Waals surface area contributed by atoms with E-state index in [0.29, 0.717) is 11.5 Å². The van der Waals surface area contributed by atoms with Gasteiger partial charge in [-0.25, -0.2) is 9.59 Å². The molecule has 3 amide bonds. The first-order chi connectivity index (χ1) is 11.8. The Hall–Kier alpha value is -2.38. The van der Waals surface area contributed by atoms with Crippen LogP contribution in [0.2, 0.25) is 0 Å². The van der Waals surface area contributed by atoms with E-state index in [2.05, 4.69) is 15.8 Å². The molecule has 2 rings (SSSR count). The second-order valence-electron chi connectivity index (χ2n) is 6.65. The van der Waals surface area contributed by atoms with Gasteiger partial charge in [0.2, 0.25) is 0 Å². The number of imide groups is 1. The maximum atomic E-state index is 12.3. The third kappa shape index (κ3) is 4.80. The number of ether oxygens (including phenoxy) is 1. The lowest BCUT2D eigenvalue weighted by Gasteiger charge is -2.15. The summed E-state index contributed by atoms with van der Waals surface area (Å²) in [6, 6.07) is -0.470. The maximum Gasteiger partial charge on any atom is 0.344 e. The lowest BCUT2D eigenvalue weighted by molar-refractivity contribution is -0.127. The minimum atomic E-state index is -1.11. The van der Waals surface area contributed by atoms with Gasteiger partial charge in [0.15, 0.2) is 11.9 Å². The highest BCUT2D eigenvalue weighted by Gasteiger charge is 2.28. The molecule has 0 unspecified atom stereocenters. The van der Waals surface area contributed by atoms with Crippen LogP contribution in [0.1, 0.15) is 74.2 Å². The quantitative estimate of drug-likeness (QED) is 0.788. The topological polar surface area (TPSA) is 111 Å². The van der Waals surface area contributed by atoms with Crippen molar-refractivity contribution in [3.8, 4) is 0 Å². The Bertz CT molecular complexity index is 647. The van der Waals surface area contributed by atoms with Gasteiger partial charge < -0.3 is 14.6 Å². The fraction of sp³-hybridized carbons (Fsp3) is 0.647. The number of esters is 1. The van der Waals surface area contributed by atoms with Crippen LogP contribution in [-0.4, -0.2) is 35.2 Å². The molecule has 138 valence electrons. The molecule has 25 heavy (non-hydrogen) atoms. The molecule has 1 saturated carbocycles. The van der Waals surface area contributed by atoms with Crippen molar-refractivity contribution in [1.82, 2.24) is 15.8 Å². The summed E-state index contributed by atoms with van der Waals surface area (Å²) in [7, 11) is 0. The van der Waals surface area contributed by atoms with Gasteiger partial charge in [0.1, 0.15) is 5.56 Å². The van der Waals surface area contributed by atoms with Crippen molar-refractivity contribution in [2.45, 2.75) is 71.4 Å². The zero-order valence-corrected chi connectivity index (χ0v) is 15.0. The average molecular weight is 351 g/mol. The summed E-state index contributed by atoms with van der Waals surface area (Å²) in [4.78, 5) is 36.2. The first-order valence-electron chi connectivity index (χ1n) is 8.58. The number of carbonyl (C=O) groups excluding carboxylic acids is 3. The number of amides is 3. The van der Waals surface area contributed by atoms with Crippen molar-refractivity contribution < 1.29 is 23.6 Å². The molecule has 1 aromatic rings. The SMILES string of the molecule is Cc1noc(C(C)C)c1C(=O)O[C@@H](C)C(=O)NC(=O)NC1CCCC1. The highest BCUT2D eigenvalue weighted by atomic mass is 16.5. The maximum absolute atomic E-state index is 12.3. The minimum absolute atomic E-state index is 0.0509. The number of hydrogen-bond donors (Lipinski definition) is 2. The summed E-state index contributed by atoms with van der Waals surface area (Å²) < 4.78 is 10.3. The molecule has 2 N–H and O–H groups in total. The number of aryl methyl sites for hydroxylation is 1. The molecule has 8 heteroatoms. The minimum Gasteiger partial charge on any atom is -0.449 e. The van der Waals surface area contributed by atoms with E-state index in [0.717, 1.165) is 25.7 Å². The van der Waals surface area contributed by atoms with Crippen molar-refractivity contribution in [3.63, 3.8) is 0 Å². The molecular formula is C17H25N3O5. The third-order valence-electron chi connectivity index (χ3n) is 4.20. The van der Waals surface area contributed by atoms with Gasteiger partial charge in [-0.15, -0.1) is 0 Å². The molecule has 1 heterocycles. The van der Waals surface area contributed by atoms with Crippen LogP contribution in [0.5, 0.6) is 0 Å². The molecule has 1 aliphatic carbocycles. The number of carbonyl (C=O) groups is 3. The van der Waals surface area contributed by atoms with Crippen LogP contribution in [0, 0.1) is 6.92 Å². The number of hydrogen-bond acceptors (Lipinski definition) is 6. The van der Waals surface area contributed by atoms with E-state index < -0.39 is 24.0 Å². The number of urea groups is 1. The Morgan fingerprint density at radius 3 is 2.44 bits per heavy atom. The molecule has 0 bridgehead atoms. The normalized spacial score (nSPS) is 15.9. The van der Waals surface area contributed by atoms with Gasteiger partial charge in [-0.05, 0) is 26.7 Å². The first kappa shape index (κ1) is 19.0. The van der Waals surface area contributed by atoms with E-state index in [1.807, 2.05) is 13.8 Å². The lowest BCUT2D eigenvalue weighted by Crippen LogP contribution is -2.47. The number of rotatable bonds is 5. The molecule has 0 aliphatic heterocycles. The number of aromatic nitrogens is 1. The van der Waals surface area contributed by atoms with E-state index in [1.165, 1.54) is 6.92 Å². The fourth-order valence-corrected chi connectivity index (χ4v) is 2.81. The van der Waals surface area contributed by atoms with Crippen LogP contribution in [0.4, 0.5) is 4.79 Å². The highest BCUT2D eigenvalue weighted by molar-refractivity contribution is 5.99. The van der Waals surface area contributed by atoms with Crippen LogP contribution in [-0.2, 0) is 9.53 Å². The predicted molar refractivity (Wildman–Crippen MR) is 89.1 cm³/mol. The third-order valence-corrected chi connectivity index (χ3v) is 4.20. The molecule has 1 atom stereocenters. The van der Waals surface area contributed by atoms with E-state index in [1.54, 1.807) is 6.92 Å². The van der Waals surface area contributed by atoms with E-state index >= 15 is 0 Å². The highest BCUT2D eigenvalue weighted by Crippen LogP contribution is 2.23. The lowest BCUT2D eigenvalue weighted by atomic mass is 10.1. The monoisotopic (exact) mass is 351 g/mol. The van der Waals surface area contributed by atoms with Crippen molar-refractivity contribution in [2.24, 2.45) is 0 Å². The summed E-state index contributed by atoms with van der Waals surface area (Å²) in [5, 5.41) is 8.72. The number of nitrogens with one attached hydrogen (secondary N) is 2. The summed E-state index contributed by atoms with van der Waals surface area (Å²) in [5.41, 5.74) is 0.630. The summed E-state index contributed by atoms with van der Waals surface area (Å²) in [6.07, 6.45) is 2.86. The summed E-state index contributed by atoms with van der Waals surface area (Å²) in [5.74, 6) is -1.01. The van der Waals surface area contributed by atoms with Crippen LogP contribution in [0.25, 0.3) is 0 Å². The molecule has 1 aromatic heterocycles. The molecule has 0 saturated heterocycles. The van der Waals surface area contributed by atoms with Gasteiger partial charge in [-0.3, -0.25) is 10.1 Å². The standard InChI is InChI=1S/C17H25N3O5/c1-9(2)14-13(10(3)20-25-14)16(22)24-11(4)15(21)19-17(23)18-12-7-5-6-8-12/h9,11-12H,5-8H2,1-4H3,(H2,18,19,21,23)/t11-/m0/s1. The van der Waals surface area contributed by atoms with Crippen LogP contribution in [0.3, 0.4) is 0 Å². The number of nitrogens with zero attached hydrogens (tertiary/aromatic N) is 1. The van der Waals surface area contributed by atoms with Gasteiger partial charge in [0.25, 0.3) is 5.91 Å². The second-order valence-corrected chi connectivity index (χ2v) is 6.65. The second kappa shape index (κ2) is 8.13. The van der Waals surface area contributed by atoms with Crippen LogP contribution >= 0.6 is 0 Å². The Balaban J connectivity index is 1.91. The summed E-state index contributed by atoms with van der Waals surface area (Å²) in [6.45, 7) is 6.76. The van der Waals surface area contributed by atoms with Gasteiger partial charge in [0, 0.05) is 12.0 Å². The molecule has 0 aromatic carbocycles. The average Bonchev–Trinajstić information content (AvgIpc) is 3.16. The Morgan fingerprint density at radius 1 is 1.20 bits per heavy atom. The zero-order valence-electron chi connectivity index (χ0n) is 15.0. The predicted octanol–water partition coefficient (Wildman–Crippen LogP) is 2.42. The van der Waals surface area contributed by atoms with Crippen LogP contribution in [0.15, 0.2) is 4.52 Å². The van der Waals surface area contributed by atoms with Crippen molar-refractivity contribution in [2.75, 3.05) is 0 Å². The Kier molecular flexibility index (Phi) is 6.17. The van der Waals surface area contributed by atoms with E-state index in [4.69, 9.17) is 9.26 Å². The Morgan fingerprint density at radius 2 is 1.84 bits per heavy atom. The van der Waals surface area contributed by atoms with Crippen LogP contribution < -0.4 is 10.6 Å². The fourth-order valence-electron chi connectivity index (χ4n) is 2.81. The van der Waals surface area contributed by atoms with Gasteiger partial charge in [-0.1, -0.05) is 31.8 Å². The molecule has 1 fully saturated rings. The van der Waals surface area contributed by atoms with E-state index in [9.17, 15) is 14.4 Å². The van der Waals surface area contributed by atoms with Gasteiger partial charge >= 0.3 is 12.0 Å².